The molecule has 0 aromatic heterocycles. The molecule has 0 aliphatic rings. The molecule has 8 heteroatoms. The van der Waals surface area contributed by atoms with E-state index in [4.69, 9.17) is 5.73 Å². The minimum absolute atomic E-state index is 0.0392. The van der Waals surface area contributed by atoms with Crippen LogP contribution in [-0.4, -0.2) is 38.6 Å². The lowest BCUT2D eigenvalue weighted by atomic mass is 10.1. The van der Waals surface area contributed by atoms with Crippen LogP contribution in [0.3, 0.4) is 0 Å². The van der Waals surface area contributed by atoms with Crippen LogP contribution in [-0.2, 0) is 10.0 Å². The van der Waals surface area contributed by atoms with Gasteiger partial charge in [0.15, 0.2) is 0 Å². The van der Waals surface area contributed by atoms with Gasteiger partial charge in [0.25, 0.3) is 5.91 Å². The van der Waals surface area contributed by atoms with E-state index in [1.54, 1.807) is 25.1 Å². The summed E-state index contributed by atoms with van der Waals surface area (Å²) in [6, 6.07) is 10.5. The number of hydrogen-bond acceptors (Lipinski definition) is 4. The first-order valence-electron chi connectivity index (χ1n) is 7.37. The van der Waals surface area contributed by atoms with Gasteiger partial charge in [0.05, 0.1) is 4.90 Å². The molecule has 0 heterocycles. The molecule has 7 nitrogen and oxygen atoms in total. The minimum atomic E-state index is -3.64. The Morgan fingerprint density at radius 2 is 1.64 bits per heavy atom. The highest BCUT2D eigenvalue weighted by Crippen LogP contribution is 2.19. The number of carbonyl (C=O) groups excluding carboxylic acids is 2. The molecule has 2 aromatic carbocycles. The second-order valence-electron chi connectivity index (χ2n) is 5.66. The number of carbonyl (C=O) groups is 2. The summed E-state index contributed by atoms with van der Waals surface area (Å²) < 4.78 is 25.5. The van der Waals surface area contributed by atoms with Gasteiger partial charge in [0, 0.05) is 30.9 Å². The average molecular weight is 361 g/mol. The highest BCUT2D eigenvalue weighted by atomic mass is 32.2. The van der Waals surface area contributed by atoms with E-state index in [0.29, 0.717) is 16.8 Å². The Kier molecular flexibility index (Phi) is 5.24. The van der Waals surface area contributed by atoms with Crippen molar-refractivity contribution in [1.82, 2.24) is 4.31 Å². The van der Waals surface area contributed by atoms with Crippen LogP contribution < -0.4 is 11.1 Å². The second kappa shape index (κ2) is 7.04. The smallest absolute Gasteiger partial charge is 0.255 e. The normalized spacial score (nSPS) is 11.4. The van der Waals surface area contributed by atoms with Crippen molar-refractivity contribution < 1.29 is 18.0 Å². The van der Waals surface area contributed by atoms with E-state index in [1.165, 1.54) is 38.4 Å². The Balaban J connectivity index is 2.31. The number of anilines is 1. The molecule has 3 N–H and O–H groups in total. The van der Waals surface area contributed by atoms with Crippen molar-refractivity contribution >= 4 is 27.5 Å². The van der Waals surface area contributed by atoms with E-state index in [0.717, 1.165) is 4.31 Å². The monoisotopic (exact) mass is 361 g/mol. The lowest BCUT2D eigenvalue weighted by molar-refractivity contribution is 0.0998. The molecule has 0 aliphatic carbocycles. The Labute approximate surface area is 146 Å². The van der Waals surface area contributed by atoms with Gasteiger partial charge in [0.2, 0.25) is 15.9 Å². The fourth-order valence-electron chi connectivity index (χ4n) is 2.13. The molecule has 2 amide bonds. The maximum atomic E-state index is 12.5. The lowest BCUT2D eigenvalue weighted by Crippen LogP contribution is -2.23. The van der Waals surface area contributed by atoms with E-state index < -0.39 is 21.8 Å². The number of benzene rings is 2. The molecule has 0 unspecified atom stereocenters. The number of hydrogen-bond donors (Lipinski definition) is 2. The van der Waals surface area contributed by atoms with Crippen LogP contribution in [0.4, 0.5) is 5.69 Å². The molecule has 0 aliphatic heterocycles. The lowest BCUT2D eigenvalue weighted by Gasteiger charge is -2.14. The van der Waals surface area contributed by atoms with Crippen LogP contribution in [0.25, 0.3) is 0 Å². The highest BCUT2D eigenvalue weighted by Gasteiger charge is 2.20. The zero-order valence-corrected chi connectivity index (χ0v) is 14.9. The molecule has 0 saturated heterocycles. The predicted molar refractivity (Wildman–Crippen MR) is 95.0 cm³/mol. The first-order chi connectivity index (χ1) is 11.6. The van der Waals surface area contributed by atoms with Crippen molar-refractivity contribution in [2.75, 3.05) is 19.4 Å². The Morgan fingerprint density at radius 1 is 1.04 bits per heavy atom. The maximum Gasteiger partial charge on any atom is 0.255 e. The van der Waals surface area contributed by atoms with Crippen LogP contribution in [0, 0.1) is 6.92 Å². The molecule has 2 aromatic rings. The van der Waals surface area contributed by atoms with E-state index in [2.05, 4.69) is 5.32 Å². The summed E-state index contributed by atoms with van der Waals surface area (Å²) in [5, 5.41) is 2.67. The summed E-state index contributed by atoms with van der Waals surface area (Å²) in [6.07, 6.45) is 0. The van der Waals surface area contributed by atoms with Gasteiger partial charge in [0.1, 0.15) is 0 Å². The van der Waals surface area contributed by atoms with E-state index in [-0.39, 0.29) is 10.5 Å². The van der Waals surface area contributed by atoms with E-state index in [9.17, 15) is 18.0 Å². The minimum Gasteiger partial charge on any atom is -0.366 e. The molecule has 0 spiro atoms. The summed E-state index contributed by atoms with van der Waals surface area (Å²) in [7, 11) is -0.784. The van der Waals surface area contributed by atoms with E-state index >= 15 is 0 Å². The molecule has 0 fully saturated rings. The maximum absolute atomic E-state index is 12.5. The summed E-state index contributed by atoms with van der Waals surface area (Å²) in [4.78, 5) is 23.6. The summed E-state index contributed by atoms with van der Waals surface area (Å²) >= 11 is 0. The fourth-order valence-corrected chi connectivity index (χ4v) is 3.06. The van der Waals surface area contributed by atoms with Crippen LogP contribution in [0.15, 0.2) is 47.4 Å². The van der Waals surface area contributed by atoms with Crippen molar-refractivity contribution in [3.05, 3.63) is 59.2 Å². The van der Waals surface area contributed by atoms with Gasteiger partial charge < -0.3 is 11.1 Å². The largest absolute Gasteiger partial charge is 0.366 e. The Morgan fingerprint density at radius 3 is 2.16 bits per heavy atom. The zero-order chi connectivity index (χ0) is 18.8. The number of rotatable bonds is 5. The quantitative estimate of drug-likeness (QED) is 0.843. The summed E-state index contributed by atoms with van der Waals surface area (Å²) in [6.45, 7) is 1.72. The van der Waals surface area contributed by atoms with Gasteiger partial charge >= 0.3 is 0 Å². The second-order valence-corrected chi connectivity index (χ2v) is 7.81. The average Bonchev–Trinajstić information content (AvgIpc) is 2.55. The Hall–Kier alpha value is -2.71. The molecule has 0 saturated carbocycles. The number of primary amides is 1. The Bertz CT molecular complexity index is 919. The molecule has 0 bridgehead atoms. The van der Waals surface area contributed by atoms with Crippen molar-refractivity contribution in [2.45, 2.75) is 11.8 Å². The number of nitrogens with zero attached hydrogens (tertiary/aromatic N) is 1. The van der Waals surface area contributed by atoms with Gasteiger partial charge in [-0.05, 0) is 48.9 Å². The summed E-state index contributed by atoms with van der Waals surface area (Å²) in [5.74, 6) is -1.00. The number of amides is 2. The van der Waals surface area contributed by atoms with Gasteiger partial charge in [-0.15, -0.1) is 0 Å². The van der Waals surface area contributed by atoms with Crippen LogP contribution >= 0.6 is 0 Å². The van der Waals surface area contributed by atoms with Crippen molar-refractivity contribution in [1.29, 1.82) is 0 Å². The van der Waals surface area contributed by atoms with Crippen molar-refractivity contribution in [2.24, 2.45) is 5.73 Å². The SMILES string of the molecule is Cc1ccc(S(=O)(=O)N(C)C)cc1C(=O)Nc1ccc(C(N)=O)cc1. The van der Waals surface area contributed by atoms with E-state index in [1.807, 2.05) is 0 Å². The van der Waals surface area contributed by atoms with Crippen LogP contribution in [0.1, 0.15) is 26.3 Å². The molecule has 0 atom stereocenters. The topological polar surface area (TPSA) is 110 Å². The number of nitrogens with one attached hydrogen (secondary N) is 1. The summed E-state index contributed by atoms with van der Waals surface area (Å²) in [5.41, 5.74) is 6.86. The third kappa shape index (κ3) is 4.04. The molecular weight excluding hydrogens is 342 g/mol. The van der Waals surface area contributed by atoms with Crippen molar-refractivity contribution in [3.63, 3.8) is 0 Å². The molecular formula is C17H19N3O4S. The third-order valence-electron chi connectivity index (χ3n) is 3.66. The molecule has 2 rings (SSSR count). The molecule has 0 radical (unpaired) electrons. The fraction of sp³-hybridized carbons (Fsp3) is 0.176. The third-order valence-corrected chi connectivity index (χ3v) is 5.47. The molecule has 25 heavy (non-hydrogen) atoms. The van der Waals surface area contributed by atoms with Gasteiger partial charge in [-0.2, -0.15) is 0 Å². The van der Waals surface area contributed by atoms with Gasteiger partial charge in [-0.25, -0.2) is 12.7 Å². The first-order valence-corrected chi connectivity index (χ1v) is 8.81. The van der Waals surface area contributed by atoms with Gasteiger partial charge in [-0.3, -0.25) is 9.59 Å². The first kappa shape index (κ1) is 18.6. The number of aryl methyl sites for hydroxylation is 1. The standard InChI is InChI=1S/C17H19N3O4S/c1-11-4-9-14(25(23,24)20(2)3)10-15(11)17(22)19-13-7-5-12(6-8-13)16(18)21/h4-10H,1-3H3,(H2,18,21)(H,19,22). The zero-order valence-electron chi connectivity index (χ0n) is 14.1. The van der Waals surface area contributed by atoms with Crippen LogP contribution in [0.2, 0.25) is 0 Å². The number of sulfonamides is 1. The predicted octanol–water partition coefficient (Wildman–Crippen LogP) is 1.60. The molecule has 132 valence electrons. The van der Waals surface area contributed by atoms with Crippen LogP contribution in [0.5, 0.6) is 0 Å². The van der Waals surface area contributed by atoms with Gasteiger partial charge in [-0.1, -0.05) is 6.07 Å². The highest BCUT2D eigenvalue weighted by molar-refractivity contribution is 7.89. The number of nitrogens with two attached hydrogens (primary N) is 1. The van der Waals surface area contributed by atoms with Crippen molar-refractivity contribution in [3.8, 4) is 0 Å².